The van der Waals surface area contributed by atoms with Gasteiger partial charge in [0.2, 0.25) is 5.13 Å². The average Bonchev–Trinajstić information content (AvgIpc) is 2.87. The lowest BCUT2D eigenvalue weighted by molar-refractivity contribution is 0.717. The molecule has 0 amide bonds. The highest BCUT2D eigenvalue weighted by Gasteiger charge is 1.95. The standard InChI is InChI=1S/C16H21N3S/c1-3-4-5-6-14-7-9-15(10-8-14)11-17-19-16-18-13(2)12-20-16/h7-12H,3-6H2,1-2H3,(H,18,19). The number of unbranched alkanes of at least 4 members (excludes halogenated alkanes) is 2. The van der Waals surface area contributed by atoms with E-state index in [0.29, 0.717) is 0 Å². The van der Waals surface area contributed by atoms with Gasteiger partial charge in [-0.1, -0.05) is 44.0 Å². The van der Waals surface area contributed by atoms with Gasteiger partial charge < -0.3 is 0 Å². The Morgan fingerprint density at radius 3 is 2.70 bits per heavy atom. The second-order valence-electron chi connectivity index (χ2n) is 4.86. The number of aromatic nitrogens is 1. The van der Waals surface area contributed by atoms with Gasteiger partial charge in [-0.3, -0.25) is 5.43 Å². The molecular formula is C16H21N3S. The summed E-state index contributed by atoms with van der Waals surface area (Å²) in [5.41, 5.74) is 6.47. The molecule has 0 atom stereocenters. The Morgan fingerprint density at radius 2 is 2.05 bits per heavy atom. The van der Waals surface area contributed by atoms with Crippen molar-refractivity contribution in [2.45, 2.75) is 39.5 Å². The Balaban J connectivity index is 1.83. The second-order valence-corrected chi connectivity index (χ2v) is 5.72. The van der Waals surface area contributed by atoms with Crippen molar-refractivity contribution < 1.29 is 0 Å². The van der Waals surface area contributed by atoms with Crippen molar-refractivity contribution in [2.75, 3.05) is 5.43 Å². The normalized spacial score (nSPS) is 11.1. The summed E-state index contributed by atoms with van der Waals surface area (Å²) in [5.74, 6) is 0. The van der Waals surface area contributed by atoms with Crippen LogP contribution in [-0.2, 0) is 6.42 Å². The van der Waals surface area contributed by atoms with Gasteiger partial charge in [-0.15, -0.1) is 11.3 Å². The summed E-state index contributed by atoms with van der Waals surface area (Å²) in [4.78, 5) is 4.29. The summed E-state index contributed by atoms with van der Waals surface area (Å²) >= 11 is 1.56. The molecule has 3 nitrogen and oxygen atoms in total. The maximum Gasteiger partial charge on any atom is 0.203 e. The van der Waals surface area contributed by atoms with E-state index in [0.717, 1.165) is 16.4 Å². The monoisotopic (exact) mass is 287 g/mol. The smallest absolute Gasteiger partial charge is 0.203 e. The first-order chi connectivity index (χ1) is 9.78. The zero-order chi connectivity index (χ0) is 14.2. The van der Waals surface area contributed by atoms with E-state index in [9.17, 15) is 0 Å². The first-order valence-electron chi connectivity index (χ1n) is 7.08. The largest absolute Gasteiger partial charge is 0.253 e. The minimum Gasteiger partial charge on any atom is -0.253 e. The third-order valence-electron chi connectivity index (χ3n) is 3.04. The molecule has 0 aliphatic heterocycles. The molecule has 0 unspecified atom stereocenters. The summed E-state index contributed by atoms with van der Waals surface area (Å²) in [7, 11) is 0. The lowest BCUT2D eigenvalue weighted by Gasteiger charge is -2.01. The average molecular weight is 287 g/mol. The highest BCUT2D eigenvalue weighted by atomic mass is 32.1. The van der Waals surface area contributed by atoms with E-state index in [1.54, 1.807) is 11.3 Å². The summed E-state index contributed by atoms with van der Waals surface area (Å²) < 4.78 is 0. The third-order valence-corrected chi connectivity index (χ3v) is 3.91. The van der Waals surface area contributed by atoms with Crippen LogP contribution in [0.2, 0.25) is 0 Å². The Labute approximate surface area is 124 Å². The van der Waals surface area contributed by atoms with Crippen molar-refractivity contribution in [3.8, 4) is 0 Å². The van der Waals surface area contributed by atoms with E-state index in [4.69, 9.17) is 0 Å². The van der Waals surface area contributed by atoms with Crippen LogP contribution < -0.4 is 5.43 Å². The molecule has 1 heterocycles. The number of aryl methyl sites for hydroxylation is 2. The fourth-order valence-electron chi connectivity index (χ4n) is 1.92. The molecule has 1 aromatic carbocycles. The van der Waals surface area contributed by atoms with Gasteiger partial charge in [-0.05, 0) is 30.9 Å². The molecule has 0 fully saturated rings. The first kappa shape index (κ1) is 14.7. The summed E-state index contributed by atoms with van der Waals surface area (Å²) in [6.07, 6.45) is 6.84. The molecule has 106 valence electrons. The molecule has 4 heteroatoms. The van der Waals surface area contributed by atoms with Crippen molar-refractivity contribution in [1.29, 1.82) is 0 Å². The van der Waals surface area contributed by atoms with Gasteiger partial charge in [0.05, 0.1) is 11.9 Å². The Kier molecular flexibility index (Phi) is 5.74. The zero-order valence-electron chi connectivity index (χ0n) is 12.1. The predicted molar refractivity (Wildman–Crippen MR) is 87.7 cm³/mol. The van der Waals surface area contributed by atoms with Gasteiger partial charge in [0.1, 0.15) is 0 Å². The minimum absolute atomic E-state index is 0.829. The molecule has 2 aromatic rings. The first-order valence-corrected chi connectivity index (χ1v) is 7.96. The summed E-state index contributed by atoms with van der Waals surface area (Å²) in [6.45, 7) is 4.21. The molecule has 20 heavy (non-hydrogen) atoms. The van der Waals surface area contributed by atoms with Crippen LogP contribution in [0.4, 0.5) is 5.13 Å². The molecule has 0 aliphatic carbocycles. The molecular weight excluding hydrogens is 266 g/mol. The van der Waals surface area contributed by atoms with E-state index in [-0.39, 0.29) is 0 Å². The number of anilines is 1. The molecule has 0 saturated carbocycles. The molecule has 0 aliphatic rings. The van der Waals surface area contributed by atoms with Crippen molar-refractivity contribution in [2.24, 2.45) is 5.10 Å². The van der Waals surface area contributed by atoms with Crippen LogP contribution in [0.25, 0.3) is 0 Å². The fourth-order valence-corrected chi connectivity index (χ4v) is 2.55. The van der Waals surface area contributed by atoms with Crippen LogP contribution in [0, 0.1) is 6.92 Å². The molecule has 0 saturated heterocycles. The number of rotatable bonds is 7. The van der Waals surface area contributed by atoms with Gasteiger partial charge in [0, 0.05) is 5.38 Å². The Hall–Kier alpha value is -1.68. The number of hydrogen-bond acceptors (Lipinski definition) is 4. The topological polar surface area (TPSA) is 37.3 Å². The second kappa shape index (κ2) is 7.80. The Bertz CT molecular complexity index is 543. The molecule has 0 radical (unpaired) electrons. The zero-order valence-corrected chi connectivity index (χ0v) is 12.9. The van der Waals surface area contributed by atoms with Crippen LogP contribution in [0.3, 0.4) is 0 Å². The number of thiazole rings is 1. The Morgan fingerprint density at radius 1 is 1.25 bits per heavy atom. The highest BCUT2D eigenvalue weighted by molar-refractivity contribution is 7.13. The van der Waals surface area contributed by atoms with Crippen molar-refractivity contribution >= 4 is 22.7 Å². The number of benzene rings is 1. The molecule has 0 bridgehead atoms. The number of hydrogen-bond donors (Lipinski definition) is 1. The predicted octanol–water partition coefficient (Wildman–Crippen LogP) is 4.63. The lowest BCUT2D eigenvalue weighted by atomic mass is 10.1. The highest BCUT2D eigenvalue weighted by Crippen LogP contribution is 2.14. The minimum atomic E-state index is 0.829. The van der Waals surface area contributed by atoms with E-state index >= 15 is 0 Å². The van der Waals surface area contributed by atoms with Crippen LogP contribution in [-0.4, -0.2) is 11.2 Å². The summed E-state index contributed by atoms with van der Waals surface area (Å²) in [5, 5.41) is 7.03. The van der Waals surface area contributed by atoms with E-state index in [2.05, 4.69) is 46.7 Å². The third kappa shape index (κ3) is 4.78. The molecule has 0 spiro atoms. The van der Waals surface area contributed by atoms with Gasteiger partial charge in [0.25, 0.3) is 0 Å². The van der Waals surface area contributed by atoms with Gasteiger partial charge in [-0.25, -0.2) is 4.98 Å². The molecule has 1 N–H and O–H groups in total. The van der Waals surface area contributed by atoms with E-state index in [1.807, 2.05) is 18.5 Å². The maximum absolute atomic E-state index is 4.29. The van der Waals surface area contributed by atoms with E-state index in [1.165, 1.54) is 31.2 Å². The van der Waals surface area contributed by atoms with Crippen LogP contribution in [0.1, 0.15) is 43.0 Å². The fraction of sp³-hybridized carbons (Fsp3) is 0.375. The quantitative estimate of drug-likeness (QED) is 0.458. The van der Waals surface area contributed by atoms with Crippen LogP contribution in [0.15, 0.2) is 34.7 Å². The van der Waals surface area contributed by atoms with Crippen LogP contribution >= 0.6 is 11.3 Å². The SMILES string of the molecule is CCCCCc1ccc(C=NNc2nc(C)cs2)cc1. The van der Waals surface area contributed by atoms with Gasteiger partial charge in [0.15, 0.2) is 0 Å². The molecule has 1 aromatic heterocycles. The van der Waals surface area contributed by atoms with Gasteiger partial charge in [-0.2, -0.15) is 5.10 Å². The van der Waals surface area contributed by atoms with Crippen LogP contribution in [0.5, 0.6) is 0 Å². The lowest BCUT2D eigenvalue weighted by Crippen LogP contribution is -1.91. The van der Waals surface area contributed by atoms with E-state index < -0.39 is 0 Å². The summed E-state index contributed by atoms with van der Waals surface area (Å²) in [6, 6.07) is 8.59. The number of hydrazone groups is 1. The number of nitrogens with one attached hydrogen (secondary N) is 1. The van der Waals surface area contributed by atoms with Crippen molar-refractivity contribution in [3.63, 3.8) is 0 Å². The van der Waals surface area contributed by atoms with Crippen molar-refractivity contribution in [3.05, 3.63) is 46.5 Å². The van der Waals surface area contributed by atoms with Gasteiger partial charge >= 0.3 is 0 Å². The maximum atomic E-state index is 4.29. The van der Waals surface area contributed by atoms with Crippen molar-refractivity contribution in [1.82, 2.24) is 4.98 Å². The number of nitrogens with zero attached hydrogens (tertiary/aromatic N) is 2. The molecule has 2 rings (SSSR count).